The number of rotatable bonds is 1. The van der Waals surface area contributed by atoms with Crippen molar-refractivity contribution in [1.29, 1.82) is 0 Å². The first-order valence-corrected chi connectivity index (χ1v) is 4.13. The van der Waals surface area contributed by atoms with Crippen LogP contribution in [0.5, 0.6) is 0 Å². The number of ether oxygens (including phenoxy) is 1. The molecule has 0 unspecified atom stereocenters. The van der Waals surface area contributed by atoms with E-state index in [-0.39, 0.29) is 37.0 Å². The zero-order valence-corrected chi connectivity index (χ0v) is 9.55. The third-order valence-corrected chi connectivity index (χ3v) is 2.25. The molecule has 0 saturated carbocycles. The van der Waals surface area contributed by atoms with Crippen LogP contribution < -0.4 is 5.73 Å². The van der Waals surface area contributed by atoms with Crippen molar-refractivity contribution in [3.05, 3.63) is 18.2 Å². The molecule has 1 aliphatic heterocycles. The van der Waals surface area contributed by atoms with Gasteiger partial charge in [0.2, 0.25) is 0 Å². The fourth-order valence-corrected chi connectivity index (χ4v) is 1.52. The van der Waals surface area contributed by atoms with Gasteiger partial charge in [-0.05, 0) is 6.42 Å². The molecule has 1 aromatic heterocycles. The van der Waals surface area contributed by atoms with E-state index >= 15 is 0 Å². The highest BCUT2D eigenvalue weighted by molar-refractivity contribution is 5.85. The van der Waals surface area contributed by atoms with Gasteiger partial charge in [0.15, 0.2) is 0 Å². The first-order valence-electron chi connectivity index (χ1n) is 4.13. The lowest BCUT2D eigenvalue weighted by Crippen LogP contribution is -2.25. The smallest absolute Gasteiger partial charge is 0.139 e. The van der Waals surface area contributed by atoms with Gasteiger partial charge in [0, 0.05) is 32.1 Å². The minimum Gasteiger partial charge on any atom is -0.369 e. The van der Waals surface area contributed by atoms with Crippen LogP contribution in [0.1, 0.15) is 18.3 Å². The van der Waals surface area contributed by atoms with E-state index < -0.39 is 0 Å². The fourth-order valence-electron chi connectivity index (χ4n) is 1.52. The molecule has 6 heteroatoms. The van der Waals surface area contributed by atoms with Gasteiger partial charge in [-0.15, -0.1) is 24.8 Å². The maximum absolute atomic E-state index is 5.86. The quantitative estimate of drug-likeness (QED) is 0.798. The summed E-state index contributed by atoms with van der Waals surface area (Å²) in [6.07, 6.45) is 4.59. The lowest BCUT2D eigenvalue weighted by atomic mass is 10.1. The first kappa shape index (κ1) is 13.7. The number of nitrogens with zero attached hydrogens (tertiary/aromatic N) is 2. The summed E-state index contributed by atoms with van der Waals surface area (Å²) < 4.78 is 7.44. The molecule has 0 aliphatic carbocycles. The molecule has 2 heterocycles. The molecule has 0 aromatic carbocycles. The molecule has 2 rings (SSSR count). The van der Waals surface area contributed by atoms with E-state index in [0.29, 0.717) is 0 Å². The van der Waals surface area contributed by atoms with E-state index in [4.69, 9.17) is 10.5 Å². The lowest BCUT2D eigenvalue weighted by Gasteiger charge is -2.13. The Morgan fingerprint density at radius 1 is 1.57 bits per heavy atom. The van der Waals surface area contributed by atoms with Gasteiger partial charge in [-0.25, -0.2) is 4.98 Å². The maximum atomic E-state index is 5.86. The first-order chi connectivity index (χ1) is 5.79. The molecular formula is C8H15Cl2N3O. The van der Waals surface area contributed by atoms with Gasteiger partial charge in [0.05, 0.1) is 0 Å². The molecule has 0 bridgehead atoms. The highest BCUT2D eigenvalue weighted by atomic mass is 35.5. The summed E-state index contributed by atoms with van der Waals surface area (Å²) in [4.78, 5) is 4.21. The molecule has 2 N–H and O–H groups in total. The van der Waals surface area contributed by atoms with Crippen molar-refractivity contribution in [3.63, 3.8) is 0 Å². The molecule has 1 aliphatic rings. The second-order valence-corrected chi connectivity index (χ2v) is 3.14. The van der Waals surface area contributed by atoms with Gasteiger partial charge < -0.3 is 15.0 Å². The van der Waals surface area contributed by atoms with Gasteiger partial charge in [0.25, 0.3) is 0 Å². The van der Waals surface area contributed by atoms with Crippen LogP contribution in [0.3, 0.4) is 0 Å². The van der Waals surface area contributed by atoms with Crippen molar-refractivity contribution in [2.45, 2.75) is 18.6 Å². The zero-order chi connectivity index (χ0) is 8.55. The summed E-state index contributed by atoms with van der Waals surface area (Å²) in [5, 5.41) is 0. The number of nitrogens with two attached hydrogens (primary N) is 1. The number of halogens is 2. The number of aromatic nitrogens is 2. The zero-order valence-electron chi connectivity index (χ0n) is 7.92. The lowest BCUT2D eigenvalue weighted by molar-refractivity contribution is 0.0957. The Hall–Kier alpha value is -0.290. The molecule has 1 saturated heterocycles. The minimum atomic E-state index is -0.00926. The summed E-state index contributed by atoms with van der Waals surface area (Å²) in [5.74, 6) is 0.931. The third kappa shape index (κ3) is 2.39. The molecule has 14 heavy (non-hydrogen) atoms. The van der Waals surface area contributed by atoms with Gasteiger partial charge in [-0.3, -0.25) is 0 Å². The van der Waals surface area contributed by atoms with Crippen LogP contribution in [0.25, 0.3) is 0 Å². The van der Waals surface area contributed by atoms with Gasteiger partial charge in [-0.2, -0.15) is 0 Å². The van der Waals surface area contributed by atoms with Gasteiger partial charge in [-0.1, -0.05) is 0 Å². The van der Waals surface area contributed by atoms with Crippen molar-refractivity contribution in [2.24, 2.45) is 12.8 Å². The normalized spacial score (nSPS) is 25.3. The van der Waals surface area contributed by atoms with E-state index in [1.54, 1.807) is 6.20 Å². The van der Waals surface area contributed by atoms with Crippen LogP contribution in [0.2, 0.25) is 0 Å². The molecule has 4 nitrogen and oxygen atoms in total. The van der Waals surface area contributed by atoms with E-state index in [1.165, 1.54) is 0 Å². The second kappa shape index (κ2) is 5.56. The van der Waals surface area contributed by atoms with Crippen molar-refractivity contribution >= 4 is 24.8 Å². The fraction of sp³-hybridized carbons (Fsp3) is 0.625. The number of aryl methyl sites for hydroxylation is 1. The largest absolute Gasteiger partial charge is 0.369 e. The highest BCUT2D eigenvalue weighted by Crippen LogP contribution is 2.25. The molecule has 1 fully saturated rings. The molecule has 2 atom stereocenters. The number of hydrogen-bond donors (Lipinski definition) is 1. The Bertz CT molecular complexity index is 279. The predicted molar refractivity (Wildman–Crippen MR) is 59.0 cm³/mol. The van der Waals surface area contributed by atoms with Crippen LogP contribution >= 0.6 is 24.8 Å². The summed E-state index contributed by atoms with van der Waals surface area (Å²) >= 11 is 0. The van der Waals surface area contributed by atoms with Crippen LogP contribution in [-0.2, 0) is 11.8 Å². The van der Waals surface area contributed by atoms with Crippen molar-refractivity contribution in [2.75, 3.05) is 6.61 Å². The average Bonchev–Trinajstić information content (AvgIpc) is 2.59. The Labute approximate surface area is 95.6 Å². The monoisotopic (exact) mass is 239 g/mol. The Kier molecular flexibility index (Phi) is 5.44. The highest BCUT2D eigenvalue weighted by Gasteiger charge is 2.29. The summed E-state index contributed by atoms with van der Waals surface area (Å²) in [6.45, 7) is 0.749. The maximum Gasteiger partial charge on any atom is 0.139 e. The van der Waals surface area contributed by atoms with E-state index in [9.17, 15) is 0 Å². The van der Waals surface area contributed by atoms with Gasteiger partial charge >= 0.3 is 0 Å². The minimum absolute atomic E-state index is 0. The van der Waals surface area contributed by atoms with Crippen molar-refractivity contribution < 1.29 is 4.74 Å². The molecule has 0 amide bonds. The van der Waals surface area contributed by atoms with Crippen LogP contribution in [0.15, 0.2) is 12.4 Å². The van der Waals surface area contributed by atoms with E-state index in [0.717, 1.165) is 18.9 Å². The summed E-state index contributed by atoms with van der Waals surface area (Å²) in [5.41, 5.74) is 5.86. The van der Waals surface area contributed by atoms with Crippen LogP contribution in [-0.4, -0.2) is 22.2 Å². The van der Waals surface area contributed by atoms with E-state index in [2.05, 4.69) is 4.98 Å². The van der Waals surface area contributed by atoms with Gasteiger partial charge in [0.1, 0.15) is 11.9 Å². The Morgan fingerprint density at radius 3 is 2.71 bits per heavy atom. The standard InChI is InChI=1S/C8H13N3O.2ClH/c1-11-4-3-10-8(11)7-6(9)2-5-12-7;;/h3-4,6-7H,2,5,9H2,1H3;2*1H/t6-,7-;;/m1../s1. The van der Waals surface area contributed by atoms with Crippen LogP contribution in [0.4, 0.5) is 0 Å². The van der Waals surface area contributed by atoms with Crippen molar-refractivity contribution in [3.8, 4) is 0 Å². The molecule has 82 valence electrons. The molecular weight excluding hydrogens is 225 g/mol. The predicted octanol–water partition coefficient (Wildman–Crippen LogP) is 1.05. The molecule has 0 radical (unpaired) electrons. The van der Waals surface area contributed by atoms with E-state index in [1.807, 2.05) is 17.8 Å². The number of hydrogen-bond acceptors (Lipinski definition) is 3. The SMILES string of the molecule is Cl.Cl.Cn1ccnc1[C@@H]1OCC[C@H]1N. The second-order valence-electron chi connectivity index (χ2n) is 3.14. The Morgan fingerprint density at radius 2 is 2.29 bits per heavy atom. The third-order valence-electron chi connectivity index (χ3n) is 2.25. The summed E-state index contributed by atoms with van der Waals surface area (Å²) in [6, 6.07) is 0.103. The average molecular weight is 240 g/mol. The Balaban J connectivity index is 0.000000845. The topological polar surface area (TPSA) is 53.1 Å². The number of imidazole rings is 1. The molecule has 1 aromatic rings. The molecule has 0 spiro atoms. The van der Waals surface area contributed by atoms with Crippen LogP contribution in [0, 0.1) is 0 Å². The van der Waals surface area contributed by atoms with Crippen molar-refractivity contribution in [1.82, 2.24) is 9.55 Å². The summed E-state index contributed by atoms with van der Waals surface area (Å²) in [7, 11) is 1.96.